The van der Waals surface area contributed by atoms with Crippen molar-refractivity contribution >= 4 is 17.7 Å². The van der Waals surface area contributed by atoms with Gasteiger partial charge >= 0.3 is 6.03 Å². The Morgan fingerprint density at radius 1 is 1.28 bits per heavy atom. The van der Waals surface area contributed by atoms with Crippen LogP contribution in [0, 0.1) is 5.41 Å². The van der Waals surface area contributed by atoms with Crippen LogP contribution in [-0.2, 0) is 12.8 Å². The van der Waals surface area contributed by atoms with Crippen LogP contribution in [0.25, 0.3) is 0 Å². The highest BCUT2D eigenvalue weighted by Gasteiger charge is 2.09. The molecule has 1 aromatic carbocycles. The first-order chi connectivity index (χ1) is 8.62. The van der Waals surface area contributed by atoms with Gasteiger partial charge in [-0.3, -0.25) is 10.7 Å². The molecule has 0 saturated heterocycles. The summed E-state index contributed by atoms with van der Waals surface area (Å²) in [5, 5.41) is 15.0. The molecular formula is C13H20N4O. The lowest BCUT2D eigenvalue weighted by Gasteiger charge is -2.14. The van der Waals surface area contributed by atoms with Gasteiger partial charge in [-0.2, -0.15) is 0 Å². The summed E-state index contributed by atoms with van der Waals surface area (Å²) in [6.45, 7) is 4.16. The summed E-state index contributed by atoms with van der Waals surface area (Å²) in [5.41, 5.74) is 3.18. The number of benzene rings is 1. The zero-order valence-corrected chi connectivity index (χ0v) is 11.1. The fourth-order valence-electron chi connectivity index (χ4n) is 1.83. The lowest BCUT2D eigenvalue weighted by atomic mass is 10.0. The number of carbonyl (C=O) groups is 1. The summed E-state index contributed by atoms with van der Waals surface area (Å²) < 4.78 is 0. The fourth-order valence-corrected chi connectivity index (χ4v) is 1.83. The average molecular weight is 248 g/mol. The van der Waals surface area contributed by atoms with Gasteiger partial charge in [0, 0.05) is 12.7 Å². The molecular weight excluding hydrogens is 228 g/mol. The second-order valence-electron chi connectivity index (χ2n) is 3.85. The molecule has 0 unspecified atom stereocenters. The number of hydrogen-bond acceptors (Lipinski definition) is 2. The zero-order chi connectivity index (χ0) is 13.5. The summed E-state index contributed by atoms with van der Waals surface area (Å²) >= 11 is 0. The predicted octanol–water partition coefficient (Wildman–Crippen LogP) is 2.09. The van der Waals surface area contributed by atoms with E-state index in [2.05, 4.69) is 35.9 Å². The van der Waals surface area contributed by atoms with Crippen LogP contribution in [0.2, 0.25) is 0 Å². The maximum atomic E-state index is 11.6. The first kappa shape index (κ1) is 14.0. The highest BCUT2D eigenvalue weighted by Crippen LogP contribution is 2.21. The van der Waals surface area contributed by atoms with Crippen LogP contribution >= 0.6 is 0 Å². The van der Waals surface area contributed by atoms with Crippen LogP contribution < -0.4 is 16.0 Å². The summed E-state index contributed by atoms with van der Waals surface area (Å²) in [6, 6.07) is 5.46. The minimum Gasteiger partial charge on any atom is -0.359 e. The van der Waals surface area contributed by atoms with Gasteiger partial charge in [0.15, 0.2) is 5.96 Å². The molecule has 0 fully saturated rings. The van der Waals surface area contributed by atoms with Gasteiger partial charge < -0.3 is 10.6 Å². The molecule has 0 aliphatic carbocycles. The molecule has 0 aliphatic rings. The molecule has 0 radical (unpaired) electrons. The molecule has 2 amide bonds. The molecule has 18 heavy (non-hydrogen) atoms. The predicted molar refractivity (Wildman–Crippen MR) is 74.1 cm³/mol. The van der Waals surface area contributed by atoms with Crippen molar-refractivity contribution in [1.29, 1.82) is 5.41 Å². The Kier molecular flexibility index (Phi) is 5.17. The van der Waals surface area contributed by atoms with Crippen LogP contribution in [-0.4, -0.2) is 19.0 Å². The number of aryl methyl sites for hydroxylation is 1. The maximum absolute atomic E-state index is 11.6. The smallest absolute Gasteiger partial charge is 0.325 e. The Labute approximate surface area is 107 Å². The van der Waals surface area contributed by atoms with E-state index in [-0.39, 0.29) is 5.96 Å². The summed E-state index contributed by atoms with van der Waals surface area (Å²) in [6.07, 6.45) is 1.80. The zero-order valence-electron chi connectivity index (χ0n) is 11.1. The van der Waals surface area contributed by atoms with E-state index in [9.17, 15) is 4.79 Å². The van der Waals surface area contributed by atoms with E-state index in [1.165, 1.54) is 5.56 Å². The number of hydrogen-bond donors (Lipinski definition) is 4. The van der Waals surface area contributed by atoms with Gasteiger partial charge in [0.2, 0.25) is 0 Å². The Morgan fingerprint density at radius 2 is 2.00 bits per heavy atom. The lowest BCUT2D eigenvalue weighted by molar-refractivity contribution is 0.256. The van der Waals surface area contributed by atoms with Crippen molar-refractivity contribution in [3.63, 3.8) is 0 Å². The molecule has 0 aromatic heterocycles. The largest absolute Gasteiger partial charge is 0.359 e. The second kappa shape index (κ2) is 6.64. The first-order valence-electron chi connectivity index (χ1n) is 6.07. The molecule has 0 saturated carbocycles. The van der Waals surface area contributed by atoms with E-state index in [0.29, 0.717) is 0 Å². The molecule has 4 N–H and O–H groups in total. The van der Waals surface area contributed by atoms with Gasteiger partial charge in [-0.25, -0.2) is 4.79 Å². The molecule has 0 aliphatic heterocycles. The van der Waals surface area contributed by atoms with E-state index in [0.717, 1.165) is 24.1 Å². The highest BCUT2D eigenvalue weighted by molar-refractivity contribution is 6.01. The van der Waals surface area contributed by atoms with Crippen molar-refractivity contribution in [2.24, 2.45) is 0 Å². The normalized spacial score (nSPS) is 9.72. The van der Waals surface area contributed by atoms with Gasteiger partial charge in [0.05, 0.1) is 0 Å². The second-order valence-corrected chi connectivity index (χ2v) is 3.85. The van der Waals surface area contributed by atoms with Gasteiger partial charge in [0.1, 0.15) is 0 Å². The van der Waals surface area contributed by atoms with Crippen molar-refractivity contribution in [1.82, 2.24) is 10.6 Å². The van der Waals surface area contributed by atoms with Crippen LogP contribution in [0.3, 0.4) is 0 Å². The number of nitrogens with one attached hydrogen (secondary N) is 4. The van der Waals surface area contributed by atoms with Crippen LogP contribution in [0.1, 0.15) is 25.0 Å². The monoisotopic (exact) mass is 248 g/mol. The molecule has 98 valence electrons. The average Bonchev–Trinajstić information content (AvgIpc) is 2.37. The number of carbonyl (C=O) groups excluding carboxylic acids is 1. The maximum Gasteiger partial charge on any atom is 0.325 e. The molecule has 0 heterocycles. The molecule has 0 spiro atoms. The summed E-state index contributed by atoms with van der Waals surface area (Å²) in [4.78, 5) is 11.6. The number of rotatable bonds is 3. The SMILES string of the molecule is CCc1cccc(NC(=O)NC(=N)NC)c1CC. The fraction of sp³-hybridized carbons (Fsp3) is 0.385. The first-order valence-corrected chi connectivity index (χ1v) is 6.07. The topological polar surface area (TPSA) is 77.0 Å². The third-order valence-electron chi connectivity index (χ3n) is 2.74. The third kappa shape index (κ3) is 3.48. The quantitative estimate of drug-likeness (QED) is 0.488. The Balaban J connectivity index is 2.84. The van der Waals surface area contributed by atoms with E-state index >= 15 is 0 Å². The van der Waals surface area contributed by atoms with E-state index in [1.54, 1.807) is 7.05 Å². The standard InChI is InChI=1S/C13H20N4O/c1-4-9-7-6-8-11(10(9)5-2)16-13(18)17-12(14)15-3/h6-8H,4-5H2,1-3H3,(H4,14,15,16,17,18). The minimum atomic E-state index is -0.405. The minimum absolute atomic E-state index is 0.0304. The third-order valence-corrected chi connectivity index (χ3v) is 2.74. The molecule has 1 rings (SSSR count). The molecule has 0 atom stereocenters. The summed E-state index contributed by atoms with van der Waals surface area (Å²) in [7, 11) is 1.58. The van der Waals surface area contributed by atoms with Gasteiger partial charge in [-0.1, -0.05) is 26.0 Å². The number of anilines is 1. The van der Waals surface area contributed by atoms with Crippen LogP contribution in [0.5, 0.6) is 0 Å². The number of urea groups is 1. The highest BCUT2D eigenvalue weighted by atomic mass is 16.2. The van der Waals surface area contributed by atoms with Crippen LogP contribution in [0.4, 0.5) is 10.5 Å². The van der Waals surface area contributed by atoms with Gasteiger partial charge in [-0.15, -0.1) is 0 Å². The Hall–Kier alpha value is -2.04. The van der Waals surface area contributed by atoms with E-state index < -0.39 is 6.03 Å². The number of guanidine groups is 1. The Morgan fingerprint density at radius 3 is 2.56 bits per heavy atom. The molecule has 1 aromatic rings. The van der Waals surface area contributed by atoms with Gasteiger partial charge in [-0.05, 0) is 30.0 Å². The lowest BCUT2D eigenvalue weighted by Crippen LogP contribution is -2.40. The van der Waals surface area contributed by atoms with E-state index in [1.807, 2.05) is 12.1 Å². The van der Waals surface area contributed by atoms with E-state index in [4.69, 9.17) is 5.41 Å². The van der Waals surface area contributed by atoms with Crippen molar-refractivity contribution in [2.45, 2.75) is 26.7 Å². The van der Waals surface area contributed by atoms with Crippen molar-refractivity contribution in [3.05, 3.63) is 29.3 Å². The van der Waals surface area contributed by atoms with Crippen molar-refractivity contribution in [3.8, 4) is 0 Å². The molecule has 5 heteroatoms. The van der Waals surface area contributed by atoms with Crippen LogP contribution in [0.15, 0.2) is 18.2 Å². The van der Waals surface area contributed by atoms with Crippen molar-refractivity contribution in [2.75, 3.05) is 12.4 Å². The Bertz CT molecular complexity index is 443. The van der Waals surface area contributed by atoms with Gasteiger partial charge in [0.25, 0.3) is 0 Å². The summed E-state index contributed by atoms with van der Waals surface area (Å²) in [5.74, 6) is -0.0304. The van der Waals surface area contributed by atoms with Crippen molar-refractivity contribution < 1.29 is 4.79 Å². The molecule has 0 bridgehead atoms. The number of amides is 2. The molecule has 5 nitrogen and oxygen atoms in total.